The fraction of sp³-hybridized carbons (Fsp3) is 0.333. The van der Waals surface area contributed by atoms with Crippen molar-refractivity contribution in [3.63, 3.8) is 0 Å². The van der Waals surface area contributed by atoms with E-state index in [1.54, 1.807) is 0 Å². The van der Waals surface area contributed by atoms with Crippen molar-refractivity contribution in [2.45, 2.75) is 19.4 Å². The summed E-state index contributed by atoms with van der Waals surface area (Å²) >= 11 is 0. The molecular formula is C9H20N2O10S2. The van der Waals surface area contributed by atoms with Crippen molar-refractivity contribution in [1.29, 1.82) is 0 Å². The van der Waals surface area contributed by atoms with Crippen LogP contribution in [0.5, 0.6) is 0 Å². The van der Waals surface area contributed by atoms with E-state index in [0.29, 0.717) is 0 Å². The normalized spacial score (nSPS) is 11.3. The van der Waals surface area contributed by atoms with E-state index < -0.39 is 26.4 Å². The van der Waals surface area contributed by atoms with Crippen molar-refractivity contribution < 1.29 is 44.8 Å². The summed E-state index contributed by atoms with van der Waals surface area (Å²) in [5, 5.41) is 8.55. The predicted molar refractivity (Wildman–Crippen MR) is 78.5 cm³/mol. The van der Waals surface area contributed by atoms with Crippen LogP contribution < -0.4 is 12.3 Å². The van der Waals surface area contributed by atoms with E-state index in [1.807, 2.05) is 44.2 Å². The lowest BCUT2D eigenvalue weighted by molar-refractivity contribution is -0.318. The molecular weight excluding hydrogens is 360 g/mol. The topological polar surface area (TPSA) is 227 Å². The minimum absolute atomic E-state index is 0. The van der Waals surface area contributed by atoms with Gasteiger partial charge in [-0.15, -0.1) is 0 Å². The van der Waals surface area contributed by atoms with Crippen LogP contribution in [0.15, 0.2) is 30.3 Å². The molecule has 23 heavy (non-hydrogen) atoms. The van der Waals surface area contributed by atoms with Gasteiger partial charge < -0.3 is 12.3 Å². The average Bonchev–Trinajstić information content (AvgIpc) is 2.37. The van der Waals surface area contributed by atoms with Gasteiger partial charge in [-0.2, -0.15) is 16.8 Å². The predicted octanol–water partition coefficient (Wildman–Crippen LogP) is 1.28. The smallest absolute Gasteiger partial charge is 0.344 e. The number of benzene rings is 1. The van der Waals surface area contributed by atoms with E-state index in [-0.39, 0.29) is 12.3 Å². The Morgan fingerprint density at radius 2 is 1.22 bits per heavy atom. The SMILES string of the molecule is CC(C)(OO)c1ccccc1.N.N.O=S(=O)(O)OOS(=O)(=O)O. The van der Waals surface area contributed by atoms with Gasteiger partial charge >= 0.3 is 20.8 Å². The second-order valence-electron chi connectivity index (χ2n) is 3.96. The van der Waals surface area contributed by atoms with Gasteiger partial charge in [-0.25, -0.2) is 4.89 Å². The lowest BCUT2D eigenvalue weighted by atomic mass is 9.99. The molecule has 0 aliphatic heterocycles. The summed E-state index contributed by atoms with van der Waals surface area (Å²) in [6.07, 6.45) is 0. The van der Waals surface area contributed by atoms with Crippen molar-refractivity contribution in [3.8, 4) is 0 Å². The third-order valence-electron chi connectivity index (χ3n) is 1.90. The van der Waals surface area contributed by atoms with Crippen LogP contribution in [0, 0.1) is 0 Å². The van der Waals surface area contributed by atoms with E-state index in [2.05, 4.69) is 13.6 Å². The zero-order chi connectivity index (χ0) is 16.7. The fourth-order valence-corrected chi connectivity index (χ4v) is 1.52. The zero-order valence-electron chi connectivity index (χ0n) is 12.3. The van der Waals surface area contributed by atoms with Crippen LogP contribution in [0.3, 0.4) is 0 Å². The Morgan fingerprint density at radius 3 is 1.48 bits per heavy atom. The van der Waals surface area contributed by atoms with E-state index in [0.717, 1.165) is 5.56 Å². The lowest BCUT2D eigenvalue weighted by Crippen LogP contribution is -2.19. The lowest BCUT2D eigenvalue weighted by Gasteiger charge is -2.20. The maximum Gasteiger partial charge on any atom is 0.425 e. The Labute approximate surface area is 133 Å². The van der Waals surface area contributed by atoms with Crippen LogP contribution >= 0.6 is 0 Å². The third-order valence-corrected chi connectivity index (χ3v) is 2.46. The highest BCUT2D eigenvalue weighted by Gasteiger charge is 2.20. The first-order valence-electron chi connectivity index (χ1n) is 5.08. The van der Waals surface area contributed by atoms with Crippen molar-refractivity contribution >= 4 is 20.8 Å². The first-order chi connectivity index (χ1) is 9.37. The van der Waals surface area contributed by atoms with Crippen LogP contribution in [0.2, 0.25) is 0 Å². The minimum atomic E-state index is -5.02. The largest absolute Gasteiger partial charge is 0.425 e. The van der Waals surface area contributed by atoms with Crippen molar-refractivity contribution in [3.05, 3.63) is 35.9 Å². The molecule has 0 heterocycles. The van der Waals surface area contributed by atoms with Gasteiger partial charge in [0.05, 0.1) is 0 Å². The molecule has 0 spiro atoms. The van der Waals surface area contributed by atoms with Crippen molar-refractivity contribution in [2.75, 3.05) is 0 Å². The summed E-state index contributed by atoms with van der Waals surface area (Å²) in [5.41, 5.74) is 0.351. The molecule has 0 aliphatic rings. The average molecular weight is 380 g/mol. The van der Waals surface area contributed by atoms with Crippen molar-refractivity contribution in [1.82, 2.24) is 12.3 Å². The molecule has 14 heteroatoms. The van der Waals surface area contributed by atoms with Crippen LogP contribution in [-0.4, -0.2) is 31.2 Å². The zero-order valence-corrected chi connectivity index (χ0v) is 13.9. The molecule has 0 atom stereocenters. The molecule has 0 amide bonds. The quantitative estimate of drug-likeness (QED) is 0.276. The van der Waals surface area contributed by atoms with Crippen molar-refractivity contribution in [2.24, 2.45) is 0 Å². The summed E-state index contributed by atoms with van der Waals surface area (Å²) in [6, 6.07) is 9.58. The molecule has 1 rings (SSSR count). The molecule has 0 saturated carbocycles. The van der Waals surface area contributed by atoms with E-state index in [1.165, 1.54) is 0 Å². The van der Waals surface area contributed by atoms with E-state index >= 15 is 0 Å². The monoisotopic (exact) mass is 380 g/mol. The van der Waals surface area contributed by atoms with Gasteiger partial charge in [-0.3, -0.25) is 14.4 Å². The van der Waals surface area contributed by atoms with Gasteiger partial charge in [0.15, 0.2) is 0 Å². The molecule has 12 nitrogen and oxygen atoms in total. The molecule has 0 saturated heterocycles. The molecule has 0 bridgehead atoms. The van der Waals surface area contributed by atoms with Gasteiger partial charge in [-0.05, 0) is 19.4 Å². The minimum Gasteiger partial charge on any atom is -0.344 e. The molecule has 1 aromatic carbocycles. The molecule has 138 valence electrons. The molecule has 9 N–H and O–H groups in total. The number of hydrogen-bond acceptors (Lipinski definition) is 10. The third kappa shape index (κ3) is 14.1. The van der Waals surface area contributed by atoms with Crippen LogP contribution in [0.25, 0.3) is 0 Å². The Hall–Kier alpha value is -1.20. The van der Waals surface area contributed by atoms with E-state index in [4.69, 9.17) is 14.4 Å². The number of hydrogen-bond donors (Lipinski definition) is 5. The highest BCUT2D eigenvalue weighted by atomic mass is 32.3. The summed E-state index contributed by atoms with van der Waals surface area (Å²) in [6.45, 7) is 3.62. The molecule has 0 fully saturated rings. The van der Waals surface area contributed by atoms with Crippen LogP contribution in [0.1, 0.15) is 19.4 Å². The second kappa shape index (κ2) is 10.6. The maximum atomic E-state index is 9.51. The maximum absolute atomic E-state index is 9.51. The van der Waals surface area contributed by atoms with Gasteiger partial charge in [0.25, 0.3) is 0 Å². The molecule has 0 unspecified atom stereocenters. The summed E-state index contributed by atoms with van der Waals surface area (Å²) in [5.74, 6) is 0. The molecule has 0 aliphatic carbocycles. The van der Waals surface area contributed by atoms with Gasteiger partial charge in [0.1, 0.15) is 5.60 Å². The summed E-state index contributed by atoms with van der Waals surface area (Å²) in [7, 11) is -10.0. The van der Waals surface area contributed by atoms with Gasteiger partial charge in [0.2, 0.25) is 0 Å². The van der Waals surface area contributed by atoms with Crippen LogP contribution in [0.4, 0.5) is 0 Å². The Morgan fingerprint density at radius 1 is 0.870 bits per heavy atom. The standard InChI is InChI=1S/C9H12O2.2H3N.H2O8S2/c1-9(2,11-10)8-6-4-3-5-7-8;;;1-9(2,3)7-8-10(4,5)6/h3-7,10H,1-2H3;2*1H3;(H,1,2,3)(H,4,5,6). The molecule has 0 aromatic heterocycles. The van der Waals surface area contributed by atoms with Gasteiger partial charge in [-0.1, -0.05) is 39.0 Å². The van der Waals surface area contributed by atoms with Crippen LogP contribution in [-0.2, 0) is 40.0 Å². The summed E-state index contributed by atoms with van der Waals surface area (Å²) in [4.78, 5) is 4.32. The Kier molecular flexibility index (Phi) is 12.2. The highest BCUT2D eigenvalue weighted by molar-refractivity contribution is 7.83. The Bertz CT molecular complexity index is 598. The highest BCUT2D eigenvalue weighted by Crippen LogP contribution is 2.22. The molecule has 1 aromatic rings. The Balaban J connectivity index is -0.000000322. The first kappa shape index (κ1) is 26.7. The second-order valence-corrected chi connectivity index (χ2v) is 5.94. The molecule has 0 radical (unpaired) electrons. The van der Waals surface area contributed by atoms with E-state index in [9.17, 15) is 16.8 Å². The summed E-state index contributed by atoms with van der Waals surface area (Å²) < 4.78 is 58.9. The fourth-order valence-electron chi connectivity index (χ4n) is 0.962. The number of rotatable bonds is 5. The van der Waals surface area contributed by atoms with Gasteiger partial charge in [0, 0.05) is 0 Å². The first-order valence-corrected chi connectivity index (χ1v) is 7.81.